The Morgan fingerprint density at radius 1 is 1.00 bits per heavy atom. The lowest BCUT2D eigenvalue weighted by atomic mass is 9.79. The second-order valence-corrected chi connectivity index (χ2v) is 14.3. The Labute approximate surface area is 287 Å². The number of methoxy groups -OCH3 is 1. The summed E-state index contributed by atoms with van der Waals surface area (Å²) in [5.41, 5.74) is 3.85. The number of amides is 3. The van der Waals surface area contributed by atoms with Crippen LogP contribution < -0.4 is 14.5 Å². The van der Waals surface area contributed by atoms with Crippen molar-refractivity contribution in [2.45, 2.75) is 64.0 Å². The molecule has 2 heterocycles. The van der Waals surface area contributed by atoms with Crippen LogP contribution in [0.25, 0.3) is 11.1 Å². The van der Waals surface area contributed by atoms with Crippen molar-refractivity contribution in [1.82, 2.24) is 4.90 Å². The number of benzene rings is 3. The molecule has 2 aliphatic heterocycles. The number of anilines is 2. The molecule has 0 radical (unpaired) electrons. The van der Waals surface area contributed by atoms with Gasteiger partial charge >= 0.3 is 6.09 Å². The van der Waals surface area contributed by atoms with Crippen molar-refractivity contribution in [2.24, 2.45) is 5.92 Å². The molecule has 10 heteroatoms. The minimum atomic E-state index is -0.655. The highest BCUT2D eigenvalue weighted by Gasteiger charge is 2.44. The molecular weight excluding hydrogens is 630 g/mol. The lowest BCUT2D eigenvalue weighted by molar-refractivity contribution is -0.124. The molecule has 1 saturated carbocycles. The number of piperidine rings is 1. The predicted octanol–water partition coefficient (Wildman–Crippen LogP) is 7.31. The Morgan fingerprint density at radius 2 is 1.77 bits per heavy atom. The van der Waals surface area contributed by atoms with E-state index in [1.54, 1.807) is 16.9 Å². The minimum absolute atomic E-state index is 0.0239. The van der Waals surface area contributed by atoms with E-state index in [2.05, 4.69) is 18.2 Å². The van der Waals surface area contributed by atoms with E-state index in [9.17, 15) is 14.4 Å². The summed E-state index contributed by atoms with van der Waals surface area (Å²) < 4.78 is 16.8. The normalized spacial score (nSPS) is 19.4. The summed E-state index contributed by atoms with van der Waals surface area (Å²) in [6, 6.07) is 21.7. The number of hydrogen-bond acceptors (Lipinski definition) is 6. The van der Waals surface area contributed by atoms with Gasteiger partial charge in [-0.3, -0.25) is 9.59 Å². The van der Waals surface area contributed by atoms with Crippen LogP contribution in [0.15, 0.2) is 66.7 Å². The molecule has 48 heavy (non-hydrogen) atoms. The van der Waals surface area contributed by atoms with Gasteiger partial charge in [-0.25, -0.2) is 4.79 Å². The van der Waals surface area contributed by atoms with Gasteiger partial charge in [0, 0.05) is 50.1 Å². The zero-order chi connectivity index (χ0) is 34.0. The van der Waals surface area contributed by atoms with Crippen LogP contribution in [0, 0.1) is 5.92 Å². The van der Waals surface area contributed by atoms with Gasteiger partial charge in [0.1, 0.15) is 11.4 Å². The van der Waals surface area contributed by atoms with Gasteiger partial charge in [-0.15, -0.1) is 0 Å². The Morgan fingerprint density at radius 3 is 2.48 bits per heavy atom. The van der Waals surface area contributed by atoms with E-state index in [0.29, 0.717) is 49.0 Å². The second-order valence-electron chi connectivity index (χ2n) is 13.8. The fourth-order valence-corrected chi connectivity index (χ4v) is 6.79. The molecule has 9 nitrogen and oxygen atoms in total. The molecule has 2 atom stereocenters. The predicted molar refractivity (Wildman–Crippen MR) is 187 cm³/mol. The quantitative estimate of drug-likeness (QED) is 0.222. The fraction of sp³-hybridized carbons (Fsp3) is 0.447. The number of halogens is 1. The van der Waals surface area contributed by atoms with E-state index in [0.717, 1.165) is 35.2 Å². The molecule has 0 unspecified atom stereocenters. The van der Waals surface area contributed by atoms with Gasteiger partial charge in [0.25, 0.3) is 5.91 Å². The number of carbonyl (C=O) groups excluding carboxylic acids is 3. The van der Waals surface area contributed by atoms with E-state index in [1.807, 2.05) is 74.2 Å². The minimum Gasteiger partial charge on any atom is -0.482 e. The van der Waals surface area contributed by atoms with Crippen molar-refractivity contribution < 1.29 is 28.6 Å². The molecule has 3 aromatic rings. The first-order chi connectivity index (χ1) is 23.0. The number of rotatable bonds is 9. The molecule has 0 aromatic heterocycles. The first-order valence-corrected chi connectivity index (χ1v) is 17.1. The Balaban J connectivity index is 1.35. The van der Waals surface area contributed by atoms with Crippen LogP contribution in [0.3, 0.4) is 0 Å². The summed E-state index contributed by atoms with van der Waals surface area (Å²) in [5, 5.41) is 0.673. The van der Waals surface area contributed by atoms with Crippen LogP contribution >= 0.6 is 11.6 Å². The number of likely N-dealkylation sites (tertiary alicyclic amines) is 1. The largest absolute Gasteiger partial charge is 0.482 e. The highest BCUT2D eigenvalue weighted by atomic mass is 35.5. The summed E-state index contributed by atoms with van der Waals surface area (Å²) in [6.07, 6.45) is 2.64. The molecule has 1 saturated heterocycles. The maximum Gasteiger partial charge on any atom is 0.410 e. The zero-order valence-corrected chi connectivity index (χ0v) is 28.9. The van der Waals surface area contributed by atoms with Crippen molar-refractivity contribution in [3.63, 3.8) is 0 Å². The molecule has 3 aromatic carbocycles. The summed E-state index contributed by atoms with van der Waals surface area (Å²) in [5.74, 6) is -0.191. The summed E-state index contributed by atoms with van der Waals surface area (Å²) in [4.78, 5) is 46.5. The molecular formula is C38H44ClN3O6. The summed E-state index contributed by atoms with van der Waals surface area (Å²) >= 11 is 6.16. The maximum absolute atomic E-state index is 14.9. The van der Waals surface area contributed by atoms with E-state index >= 15 is 0 Å². The van der Waals surface area contributed by atoms with Crippen molar-refractivity contribution in [2.75, 3.05) is 49.8 Å². The molecule has 3 amide bonds. The van der Waals surface area contributed by atoms with Crippen LogP contribution in [-0.2, 0) is 19.1 Å². The molecule has 6 rings (SSSR count). The topological polar surface area (TPSA) is 88.6 Å². The number of nitrogens with zero attached hydrogens (tertiary/aromatic N) is 3. The molecule has 3 aliphatic rings. The van der Waals surface area contributed by atoms with E-state index in [-0.39, 0.29) is 36.9 Å². The molecule has 0 spiro atoms. The van der Waals surface area contributed by atoms with E-state index in [4.69, 9.17) is 25.8 Å². The average molecular weight is 674 g/mol. The fourth-order valence-electron chi connectivity index (χ4n) is 6.67. The first kappa shape index (κ1) is 33.8. The summed E-state index contributed by atoms with van der Waals surface area (Å²) in [6.45, 7) is 7.26. The highest BCUT2D eigenvalue weighted by molar-refractivity contribution is 6.30. The van der Waals surface area contributed by atoms with Gasteiger partial charge in [0.15, 0.2) is 6.61 Å². The molecule has 2 fully saturated rings. The third-order valence-electron chi connectivity index (χ3n) is 9.12. The maximum atomic E-state index is 14.9. The van der Waals surface area contributed by atoms with Crippen LogP contribution in [0.2, 0.25) is 5.02 Å². The molecule has 1 aliphatic carbocycles. The van der Waals surface area contributed by atoms with Crippen molar-refractivity contribution >= 4 is 40.9 Å². The lowest BCUT2D eigenvalue weighted by Gasteiger charge is -2.41. The van der Waals surface area contributed by atoms with Gasteiger partial charge in [-0.2, -0.15) is 0 Å². The van der Waals surface area contributed by atoms with Crippen molar-refractivity contribution in [3.05, 3.63) is 77.3 Å². The van der Waals surface area contributed by atoms with Crippen molar-refractivity contribution in [1.29, 1.82) is 0 Å². The molecule has 0 bridgehead atoms. The number of ether oxygens (including phenoxy) is 3. The standard InChI is InChI=1S/C38H44ClN3O6/c1-38(2,3)48-37(45)40-19-17-31(27-8-5-7-26(21-27)25-9-11-28(39)12-10-25)32(23-40)36(44)42(29-13-14-29)30-15-16-34-33(22-30)41(18-6-20-46-4)35(43)24-47-34/h5,7-12,15-16,21-22,29,31-32H,6,13-14,17-20,23-24H2,1-4H3/t31-,32+/m1/s1. The number of fused-ring (bicyclic) bond motifs is 1. The van der Waals surface area contributed by atoms with Crippen LogP contribution in [0.4, 0.5) is 16.2 Å². The van der Waals surface area contributed by atoms with Crippen molar-refractivity contribution in [3.8, 4) is 16.9 Å². The average Bonchev–Trinajstić information content (AvgIpc) is 3.90. The van der Waals surface area contributed by atoms with E-state index in [1.165, 1.54) is 0 Å². The molecule has 254 valence electrons. The van der Waals surface area contributed by atoms with Crippen LogP contribution in [0.1, 0.15) is 57.9 Å². The second kappa shape index (κ2) is 14.2. The first-order valence-electron chi connectivity index (χ1n) is 16.8. The number of hydrogen-bond donors (Lipinski definition) is 0. The Hall–Kier alpha value is -4.08. The summed E-state index contributed by atoms with van der Waals surface area (Å²) in [7, 11) is 1.64. The lowest BCUT2D eigenvalue weighted by Crippen LogP contribution is -2.51. The van der Waals surface area contributed by atoms with E-state index < -0.39 is 17.6 Å². The Bertz CT molecular complexity index is 1650. The zero-order valence-electron chi connectivity index (χ0n) is 28.1. The van der Waals surface area contributed by atoms with Gasteiger partial charge < -0.3 is 28.9 Å². The smallest absolute Gasteiger partial charge is 0.410 e. The van der Waals surface area contributed by atoms with Crippen LogP contribution in [-0.4, -0.2) is 74.4 Å². The van der Waals surface area contributed by atoms with Gasteiger partial charge in [0.2, 0.25) is 5.91 Å². The third kappa shape index (κ3) is 7.63. The van der Waals surface area contributed by atoms with Gasteiger partial charge in [-0.1, -0.05) is 48.0 Å². The van der Waals surface area contributed by atoms with Gasteiger partial charge in [-0.05, 0) is 99.4 Å². The van der Waals surface area contributed by atoms with Gasteiger partial charge in [0.05, 0.1) is 11.6 Å². The molecule has 0 N–H and O–H groups in total. The number of carbonyl (C=O) groups is 3. The Kier molecular flexibility index (Phi) is 9.99. The van der Waals surface area contributed by atoms with Crippen LogP contribution in [0.5, 0.6) is 5.75 Å². The highest BCUT2D eigenvalue weighted by Crippen LogP contribution is 2.43. The monoisotopic (exact) mass is 673 g/mol. The third-order valence-corrected chi connectivity index (χ3v) is 9.37. The SMILES string of the molecule is COCCCN1C(=O)COc2ccc(N(C(=O)[C@H]3CN(C(=O)OC(C)(C)C)CC[C@@H]3c3cccc(-c4ccc(Cl)cc4)c3)C3CC3)cc21.